The summed E-state index contributed by atoms with van der Waals surface area (Å²) in [6.45, 7) is 6.14. The monoisotopic (exact) mass is 432 g/mol. The van der Waals surface area contributed by atoms with E-state index in [4.69, 9.17) is 4.52 Å². The van der Waals surface area contributed by atoms with E-state index in [0.717, 1.165) is 21.7 Å². The molecule has 0 unspecified atom stereocenters. The maximum absolute atomic E-state index is 13.1. The van der Waals surface area contributed by atoms with Gasteiger partial charge in [0.1, 0.15) is 5.76 Å². The number of anilines is 1. The molecule has 0 atom stereocenters. The number of amides is 1. The molecule has 0 saturated heterocycles. The van der Waals surface area contributed by atoms with E-state index < -0.39 is 15.9 Å². The first kappa shape index (κ1) is 19.7. The molecule has 0 radical (unpaired) electrons. The topological polar surface area (TPSA) is 105 Å². The van der Waals surface area contributed by atoms with Crippen LogP contribution >= 0.6 is 11.3 Å². The summed E-state index contributed by atoms with van der Waals surface area (Å²) >= 11 is 1.28. The number of carbonyl (C=O) groups excluding carboxylic acids is 1. The van der Waals surface area contributed by atoms with Gasteiger partial charge in [0.2, 0.25) is 10.0 Å². The summed E-state index contributed by atoms with van der Waals surface area (Å²) in [6.07, 6.45) is 0.495. The maximum atomic E-state index is 13.1. The van der Waals surface area contributed by atoms with Crippen molar-refractivity contribution in [3.63, 3.8) is 0 Å². The summed E-state index contributed by atoms with van der Waals surface area (Å²) in [4.78, 5) is 17.8. The molecule has 1 aromatic carbocycles. The van der Waals surface area contributed by atoms with Gasteiger partial charge in [-0.15, -0.1) is 11.3 Å². The molecule has 0 saturated carbocycles. The van der Waals surface area contributed by atoms with E-state index in [1.54, 1.807) is 25.1 Å². The van der Waals surface area contributed by atoms with Gasteiger partial charge in [0, 0.05) is 23.9 Å². The lowest BCUT2D eigenvalue weighted by Crippen LogP contribution is -2.35. The van der Waals surface area contributed by atoms with Crippen molar-refractivity contribution >= 4 is 32.4 Å². The molecule has 1 aliphatic rings. The van der Waals surface area contributed by atoms with Crippen molar-refractivity contribution in [2.24, 2.45) is 0 Å². The van der Waals surface area contributed by atoms with Crippen molar-refractivity contribution in [1.82, 2.24) is 14.4 Å². The maximum Gasteiger partial charge on any atom is 0.279 e. The summed E-state index contributed by atoms with van der Waals surface area (Å²) < 4.78 is 32.5. The van der Waals surface area contributed by atoms with Gasteiger partial charge < -0.3 is 4.52 Å². The van der Waals surface area contributed by atoms with E-state index in [9.17, 15) is 13.2 Å². The fourth-order valence-corrected chi connectivity index (χ4v) is 5.68. The second kappa shape index (κ2) is 7.36. The summed E-state index contributed by atoms with van der Waals surface area (Å²) in [5, 5.41) is 6.82. The number of aryl methyl sites for hydroxylation is 3. The van der Waals surface area contributed by atoms with Gasteiger partial charge in [-0.05, 0) is 44.0 Å². The summed E-state index contributed by atoms with van der Waals surface area (Å²) in [7, 11) is -3.60. The Morgan fingerprint density at radius 1 is 1.21 bits per heavy atom. The predicted octanol–water partition coefficient (Wildman–Crippen LogP) is 3.06. The number of benzene rings is 1. The average Bonchev–Trinajstić information content (AvgIpc) is 3.28. The van der Waals surface area contributed by atoms with Crippen molar-refractivity contribution in [2.45, 2.75) is 38.6 Å². The lowest BCUT2D eigenvalue weighted by molar-refractivity contribution is 0.101. The van der Waals surface area contributed by atoms with Gasteiger partial charge in [0.15, 0.2) is 10.8 Å². The molecule has 152 valence electrons. The van der Waals surface area contributed by atoms with Crippen LogP contribution in [0.2, 0.25) is 0 Å². The molecule has 0 bridgehead atoms. The van der Waals surface area contributed by atoms with E-state index in [2.05, 4.69) is 15.5 Å². The first-order valence-corrected chi connectivity index (χ1v) is 11.3. The molecule has 0 spiro atoms. The highest BCUT2D eigenvalue weighted by atomic mass is 32.2. The molecule has 10 heteroatoms. The molecule has 3 aromatic rings. The Labute approximate surface area is 172 Å². The van der Waals surface area contributed by atoms with Gasteiger partial charge in [-0.25, -0.2) is 13.4 Å². The van der Waals surface area contributed by atoms with E-state index in [-0.39, 0.29) is 12.2 Å². The Morgan fingerprint density at radius 3 is 2.69 bits per heavy atom. The normalized spacial score (nSPS) is 14.6. The molecule has 1 aliphatic heterocycles. The number of nitrogens with one attached hydrogen (secondary N) is 1. The number of aromatic nitrogens is 2. The molecule has 2 aromatic heterocycles. The number of sulfonamides is 1. The fourth-order valence-electron chi connectivity index (χ4n) is 3.09. The highest BCUT2D eigenvalue weighted by molar-refractivity contribution is 7.89. The number of hydrogen-bond donors (Lipinski definition) is 1. The summed E-state index contributed by atoms with van der Waals surface area (Å²) in [6, 6.07) is 6.72. The van der Waals surface area contributed by atoms with Crippen LogP contribution in [0.25, 0.3) is 0 Å². The van der Waals surface area contributed by atoms with Gasteiger partial charge in [-0.2, -0.15) is 4.31 Å². The number of nitrogens with zero attached hydrogens (tertiary/aromatic N) is 3. The summed E-state index contributed by atoms with van der Waals surface area (Å²) in [5.41, 5.74) is 2.98. The quantitative estimate of drug-likeness (QED) is 0.679. The van der Waals surface area contributed by atoms with E-state index in [1.807, 2.05) is 19.9 Å². The third-order valence-corrected chi connectivity index (χ3v) is 7.73. The van der Waals surface area contributed by atoms with Gasteiger partial charge in [0.05, 0.1) is 17.1 Å². The molecular formula is C19H20N4O4S2. The molecular weight excluding hydrogens is 412 g/mol. The largest absolute Gasteiger partial charge is 0.361 e. The Bertz CT molecular complexity index is 1200. The van der Waals surface area contributed by atoms with Crippen molar-refractivity contribution in [1.29, 1.82) is 0 Å². The minimum Gasteiger partial charge on any atom is -0.361 e. The molecule has 29 heavy (non-hydrogen) atoms. The van der Waals surface area contributed by atoms with Gasteiger partial charge in [-0.1, -0.05) is 11.2 Å². The third kappa shape index (κ3) is 3.83. The smallest absolute Gasteiger partial charge is 0.279 e. The van der Waals surface area contributed by atoms with Crippen LogP contribution in [0.3, 0.4) is 0 Å². The van der Waals surface area contributed by atoms with Crippen LogP contribution in [-0.2, 0) is 23.0 Å². The first-order chi connectivity index (χ1) is 13.7. The van der Waals surface area contributed by atoms with Crippen molar-refractivity contribution < 1.29 is 17.7 Å². The van der Waals surface area contributed by atoms with E-state index in [0.29, 0.717) is 28.8 Å². The number of carbonyl (C=O) groups is 1. The van der Waals surface area contributed by atoms with E-state index >= 15 is 0 Å². The number of thiazole rings is 1. The Morgan fingerprint density at radius 2 is 2.00 bits per heavy atom. The van der Waals surface area contributed by atoms with E-state index in [1.165, 1.54) is 15.6 Å². The molecule has 8 nitrogen and oxygen atoms in total. The Balaban J connectivity index is 1.53. The zero-order valence-electron chi connectivity index (χ0n) is 16.2. The Hall–Kier alpha value is -2.56. The predicted molar refractivity (Wildman–Crippen MR) is 109 cm³/mol. The van der Waals surface area contributed by atoms with Crippen LogP contribution < -0.4 is 5.32 Å². The number of hydrogen-bond acceptors (Lipinski definition) is 7. The molecule has 0 fully saturated rings. The minimum atomic E-state index is -3.60. The van der Waals surface area contributed by atoms with Gasteiger partial charge >= 0.3 is 0 Å². The molecule has 1 amide bonds. The van der Waals surface area contributed by atoms with Crippen LogP contribution in [0.15, 0.2) is 33.7 Å². The second-order valence-electron chi connectivity index (χ2n) is 7.00. The van der Waals surface area contributed by atoms with Crippen LogP contribution in [-0.4, -0.2) is 35.3 Å². The van der Waals surface area contributed by atoms with Crippen LogP contribution in [0.4, 0.5) is 5.13 Å². The third-order valence-electron chi connectivity index (χ3n) is 4.89. The van der Waals surface area contributed by atoms with Crippen molar-refractivity contribution in [3.8, 4) is 0 Å². The van der Waals surface area contributed by atoms with Gasteiger partial charge in [0.25, 0.3) is 5.91 Å². The lowest BCUT2D eigenvalue weighted by Gasteiger charge is -2.25. The number of fused-ring (bicyclic) bond motifs is 1. The zero-order valence-corrected chi connectivity index (χ0v) is 17.9. The highest BCUT2D eigenvalue weighted by Crippen LogP contribution is 2.31. The van der Waals surface area contributed by atoms with Crippen LogP contribution in [0.5, 0.6) is 0 Å². The standard InChI is InChI=1S/C19H20N4O4S2/c1-11-4-5-14(8-12(11)2)29(25,26)23-7-6-15-17(10-23)28-19(20-15)21-18(24)16-9-13(3)27-22-16/h4-5,8-9H,6-7,10H2,1-3H3,(H,20,21,24). The highest BCUT2D eigenvalue weighted by Gasteiger charge is 2.31. The first-order valence-electron chi connectivity index (χ1n) is 9.04. The molecule has 0 aliphatic carbocycles. The Kier molecular flexibility index (Phi) is 5.01. The van der Waals surface area contributed by atoms with Crippen molar-refractivity contribution in [3.05, 3.63) is 57.4 Å². The van der Waals surface area contributed by atoms with Crippen LogP contribution in [0.1, 0.15) is 37.9 Å². The van der Waals surface area contributed by atoms with Gasteiger partial charge in [-0.3, -0.25) is 10.1 Å². The number of rotatable bonds is 4. The second-order valence-corrected chi connectivity index (χ2v) is 10.0. The van der Waals surface area contributed by atoms with Crippen LogP contribution in [0, 0.1) is 20.8 Å². The zero-order chi connectivity index (χ0) is 20.8. The molecule has 4 rings (SSSR count). The van der Waals surface area contributed by atoms with Crippen molar-refractivity contribution in [2.75, 3.05) is 11.9 Å². The lowest BCUT2D eigenvalue weighted by atomic mass is 10.1. The SMILES string of the molecule is Cc1cc(C(=O)Nc2nc3c(s2)CN(S(=O)(=O)c2ccc(C)c(C)c2)CC3)no1. The molecule has 1 N–H and O–H groups in total. The molecule has 3 heterocycles. The minimum absolute atomic E-state index is 0.176. The summed E-state index contributed by atoms with van der Waals surface area (Å²) in [5.74, 6) is 0.133. The average molecular weight is 433 g/mol. The fraction of sp³-hybridized carbons (Fsp3) is 0.316.